The van der Waals surface area contributed by atoms with Crippen molar-refractivity contribution in [3.63, 3.8) is 0 Å². The fourth-order valence-corrected chi connectivity index (χ4v) is 2.65. The number of carbonyl (C=O) groups is 1. The van der Waals surface area contributed by atoms with Crippen LogP contribution in [0.5, 0.6) is 0 Å². The number of aromatic nitrogens is 1. The molecule has 1 aliphatic rings. The lowest BCUT2D eigenvalue weighted by atomic mass is 10.0. The summed E-state index contributed by atoms with van der Waals surface area (Å²) in [5, 5.41) is 0. The molecule has 1 aromatic heterocycles. The molecular formula is C15H24N4O. The first-order valence-corrected chi connectivity index (χ1v) is 7.22. The first-order chi connectivity index (χ1) is 9.49. The molecule has 5 nitrogen and oxygen atoms in total. The molecule has 0 saturated carbocycles. The fraction of sp³-hybridized carbons (Fsp3) is 0.600. The number of hydrogen-bond acceptors (Lipinski definition) is 4. The minimum atomic E-state index is 0.0665. The van der Waals surface area contributed by atoms with Crippen molar-refractivity contribution in [1.82, 2.24) is 9.88 Å². The van der Waals surface area contributed by atoms with Crippen LogP contribution in [-0.4, -0.2) is 42.0 Å². The monoisotopic (exact) mass is 276 g/mol. The lowest BCUT2D eigenvalue weighted by molar-refractivity contribution is -0.135. The van der Waals surface area contributed by atoms with Crippen LogP contribution in [0.1, 0.15) is 26.7 Å². The van der Waals surface area contributed by atoms with Gasteiger partial charge in [0, 0.05) is 32.1 Å². The van der Waals surface area contributed by atoms with Crippen LogP contribution in [0.4, 0.5) is 11.5 Å². The molecule has 2 rings (SSSR count). The van der Waals surface area contributed by atoms with Gasteiger partial charge in [-0.2, -0.15) is 0 Å². The van der Waals surface area contributed by atoms with E-state index in [4.69, 9.17) is 5.73 Å². The van der Waals surface area contributed by atoms with Crippen molar-refractivity contribution in [2.75, 3.05) is 30.8 Å². The van der Waals surface area contributed by atoms with Crippen molar-refractivity contribution in [2.45, 2.75) is 32.7 Å². The van der Waals surface area contributed by atoms with E-state index in [1.807, 2.05) is 37.9 Å². The summed E-state index contributed by atoms with van der Waals surface area (Å²) >= 11 is 0. The number of hydrogen-bond donors (Lipinski definition) is 1. The third kappa shape index (κ3) is 3.21. The van der Waals surface area contributed by atoms with Crippen molar-refractivity contribution >= 4 is 17.4 Å². The van der Waals surface area contributed by atoms with Gasteiger partial charge in [0.1, 0.15) is 5.82 Å². The summed E-state index contributed by atoms with van der Waals surface area (Å²) in [6, 6.07) is 4.18. The quantitative estimate of drug-likeness (QED) is 0.913. The van der Waals surface area contributed by atoms with Crippen LogP contribution >= 0.6 is 0 Å². The Kier molecular flexibility index (Phi) is 4.47. The Bertz CT molecular complexity index is 449. The number of rotatable bonds is 3. The van der Waals surface area contributed by atoms with Gasteiger partial charge in [0.25, 0.3) is 0 Å². The lowest BCUT2D eigenvalue weighted by Crippen LogP contribution is -2.47. The van der Waals surface area contributed by atoms with Crippen LogP contribution < -0.4 is 10.6 Å². The van der Waals surface area contributed by atoms with Gasteiger partial charge in [0.15, 0.2) is 0 Å². The Morgan fingerprint density at radius 2 is 2.05 bits per heavy atom. The maximum Gasteiger partial charge on any atom is 0.225 e. The molecule has 0 atom stereocenters. The van der Waals surface area contributed by atoms with Crippen molar-refractivity contribution in [2.24, 2.45) is 5.92 Å². The summed E-state index contributed by atoms with van der Waals surface area (Å²) in [6.07, 6.45) is 3.66. The summed E-state index contributed by atoms with van der Waals surface area (Å²) in [5.41, 5.74) is 6.34. The standard InChI is InChI=1S/C15H24N4O/c1-11(2)15(20)18(3)13-6-8-19(9-7-13)14-5-4-12(16)10-17-14/h4-5,10-11,13H,6-9,16H2,1-3H3. The van der Waals surface area contributed by atoms with Gasteiger partial charge in [0.05, 0.1) is 11.9 Å². The topological polar surface area (TPSA) is 62.5 Å². The number of carbonyl (C=O) groups excluding carboxylic acids is 1. The van der Waals surface area contributed by atoms with E-state index in [1.165, 1.54) is 0 Å². The molecule has 0 aliphatic carbocycles. The maximum atomic E-state index is 12.0. The summed E-state index contributed by atoms with van der Waals surface area (Å²) in [4.78, 5) is 20.5. The summed E-state index contributed by atoms with van der Waals surface area (Å²) in [7, 11) is 1.92. The number of piperidine rings is 1. The van der Waals surface area contributed by atoms with Gasteiger partial charge in [-0.3, -0.25) is 4.79 Å². The van der Waals surface area contributed by atoms with Crippen LogP contribution in [0.3, 0.4) is 0 Å². The molecule has 1 aromatic rings. The van der Waals surface area contributed by atoms with E-state index in [1.54, 1.807) is 6.20 Å². The van der Waals surface area contributed by atoms with Crippen LogP contribution in [0.2, 0.25) is 0 Å². The Morgan fingerprint density at radius 3 is 2.55 bits per heavy atom. The van der Waals surface area contributed by atoms with Gasteiger partial charge < -0.3 is 15.5 Å². The molecule has 0 radical (unpaired) electrons. The number of amides is 1. The van der Waals surface area contributed by atoms with E-state index >= 15 is 0 Å². The van der Waals surface area contributed by atoms with E-state index in [2.05, 4.69) is 9.88 Å². The average molecular weight is 276 g/mol. The molecular weight excluding hydrogens is 252 g/mol. The van der Waals surface area contributed by atoms with Crippen LogP contribution in [0, 0.1) is 5.92 Å². The van der Waals surface area contributed by atoms with E-state index in [0.29, 0.717) is 11.7 Å². The highest BCUT2D eigenvalue weighted by Gasteiger charge is 2.26. The molecule has 5 heteroatoms. The Labute approximate surface area is 120 Å². The minimum absolute atomic E-state index is 0.0665. The third-order valence-corrected chi connectivity index (χ3v) is 3.95. The second-order valence-corrected chi connectivity index (χ2v) is 5.77. The number of nitrogens with two attached hydrogens (primary N) is 1. The molecule has 1 fully saturated rings. The van der Waals surface area contributed by atoms with Crippen LogP contribution in [0.15, 0.2) is 18.3 Å². The Hall–Kier alpha value is -1.78. The van der Waals surface area contributed by atoms with Crippen LogP contribution in [-0.2, 0) is 4.79 Å². The molecule has 0 unspecified atom stereocenters. The second kappa shape index (κ2) is 6.11. The number of nitrogens with zero attached hydrogens (tertiary/aromatic N) is 3. The van der Waals surface area contributed by atoms with Gasteiger partial charge in [-0.15, -0.1) is 0 Å². The van der Waals surface area contributed by atoms with Crippen molar-refractivity contribution < 1.29 is 4.79 Å². The van der Waals surface area contributed by atoms with Crippen molar-refractivity contribution in [3.8, 4) is 0 Å². The number of pyridine rings is 1. The van der Waals surface area contributed by atoms with E-state index in [-0.39, 0.29) is 11.8 Å². The van der Waals surface area contributed by atoms with E-state index in [9.17, 15) is 4.79 Å². The average Bonchev–Trinajstić information content (AvgIpc) is 2.46. The second-order valence-electron chi connectivity index (χ2n) is 5.77. The van der Waals surface area contributed by atoms with Gasteiger partial charge in [0.2, 0.25) is 5.91 Å². The van der Waals surface area contributed by atoms with Gasteiger partial charge in [-0.25, -0.2) is 4.98 Å². The van der Waals surface area contributed by atoms with Crippen LogP contribution in [0.25, 0.3) is 0 Å². The Morgan fingerprint density at radius 1 is 1.40 bits per heavy atom. The molecule has 0 aromatic carbocycles. The SMILES string of the molecule is CC(C)C(=O)N(C)C1CCN(c2ccc(N)cn2)CC1. The first-order valence-electron chi connectivity index (χ1n) is 7.22. The lowest BCUT2D eigenvalue weighted by Gasteiger charge is -2.37. The molecule has 2 heterocycles. The fourth-order valence-electron chi connectivity index (χ4n) is 2.65. The summed E-state index contributed by atoms with van der Waals surface area (Å²) < 4.78 is 0. The zero-order valence-electron chi connectivity index (χ0n) is 12.5. The Balaban J connectivity index is 1.92. The van der Waals surface area contributed by atoms with E-state index < -0.39 is 0 Å². The molecule has 1 aliphatic heterocycles. The van der Waals surface area contributed by atoms with E-state index in [0.717, 1.165) is 31.7 Å². The predicted molar refractivity (Wildman–Crippen MR) is 81.5 cm³/mol. The molecule has 1 saturated heterocycles. The maximum absolute atomic E-state index is 12.0. The minimum Gasteiger partial charge on any atom is -0.397 e. The zero-order valence-corrected chi connectivity index (χ0v) is 12.5. The van der Waals surface area contributed by atoms with Gasteiger partial charge in [-0.1, -0.05) is 13.8 Å². The molecule has 2 N–H and O–H groups in total. The molecule has 1 amide bonds. The number of anilines is 2. The highest BCUT2D eigenvalue weighted by molar-refractivity contribution is 5.78. The largest absolute Gasteiger partial charge is 0.397 e. The summed E-state index contributed by atoms with van der Waals surface area (Å²) in [5.74, 6) is 1.27. The van der Waals surface area contributed by atoms with Crippen molar-refractivity contribution in [1.29, 1.82) is 0 Å². The zero-order chi connectivity index (χ0) is 14.7. The normalized spacial score (nSPS) is 16.5. The molecule has 110 valence electrons. The summed E-state index contributed by atoms with van der Waals surface area (Å²) in [6.45, 7) is 5.76. The highest BCUT2D eigenvalue weighted by atomic mass is 16.2. The smallest absolute Gasteiger partial charge is 0.225 e. The van der Waals surface area contributed by atoms with Crippen molar-refractivity contribution in [3.05, 3.63) is 18.3 Å². The molecule has 20 heavy (non-hydrogen) atoms. The number of nitrogen functional groups attached to an aromatic ring is 1. The first kappa shape index (κ1) is 14.6. The van der Waals surface area contributed by atoms with Gasteiger partial charge in [-0.05, 0) is 25.0 Å². The van der Waals surface area contributed by atoms with Gasteiger partial charge >= 0.3 is 0 Å². The molecule has 0 spiro atoms. The predicted octanol–water partition coefficient (Wildman–Crippen LogP) is 1.75. The third-order valence-electron chi connectivity index (χ3n) is 3.95. The molecule has 0 bridgehead atoms. The highest BCUT2D eigenvalue weighted by Crippen LogP contribution is 2.21.